The average molecular weight is 948 g/mol. The molecule has 14 nitrogen and oxygen atoms in total. The van der Waals surface area contributed by atoms with Crippen molar-refractivity contribution >= 4 is 14.4 Å². The van der Waals surface area contributed by atoms with Crippen LogP contribution in [0.4, 0.5) is 0 Å². The predicted molar refractivity (Wildman–Crippen MR) is 258 cm³/mol. The van der Waals surface area contributed by atoms with Crippen LogP contribution in [0.3, 0.4) is 0 Å². The lowest BCUT2D eigenvalue weighted by atomic mass is 9.49. The largest absolute Gasteiger partial charge is 0.497 e. The molecule has 0 radical (unpaired) electrons. The number of aromatic amines is 1. The number of nitrogens with zero attached hydrogens (tertiary/aromatic N) is 4. The Morgan fingerprint density at radius 1 is 0.882 bits per heavy atom. The van der Waals surface area contributed by atoms with E-state index in [1.54, 1.807) is 21.1 Å². The van der Waals surface area contributed by atoms with E-state index in [0.717, 1.165) is 36.0 Å². The molecule has 68 heavy (non-hydrogen) atoms. The van der Waals surface area contributed by atoms with Crippen LogP contribution in [-0.2, 0) is 28.9 Å². The molecule has 4 saturated carbocycles. The molecule has 4 aliphatic carbocycles. The summed E-state index contributed by atoms with van der Waals surface area (Å²) in [7, 11) is 1.38. The van der Waals surface area contributed by atoms with Crippen LogP contribution in [0.15, 0.2) is 94.6 Å². The Balaban J connectivity index is 1.21. The topological polar surface area (TPSA) is 158 Å². The lowest BCUT2D eigenvalue weighted by molar-refractivity contribution is -0.184. The van der Waals surface area contributed by atoms with Gasteiger partial charge in [0.1, 0.15) is 34.8 Å². The standard InChI is InChI=1S/C53H66N5O9P/c1-34(2)58(35(3)4)68(65-23-11-22-54)67-47-46-49(56-31-36(5)48(60)55-50(56)61)66-52(47,32-57(46)45(59)30-51-27-37-24-38(28-51)26-39(25-37)29-51)33-64-53(40-12-9-8-10-13-40,41-14-18-43(62-6)19-15-41)42-16-20-44(63-7)21-17-42/h8-10,12-21,31,34-35,37-39,46-47,49H,11,23-30,32-33H2,1-7H3,(H,55,60,61)/t37?,38?,39?,46-,47+,49-,51?,52-,68?/m1/s1. The maximum atomic E-state index is 15.6. The van der Waals surface area contributed by atoms with Crippen molar-refractivity contribution in [1.82, 2.24) is 19.1 Å². The van der Waals surface area contributed by atoms with Gasteiger partial charge in [0.25, 0.3) is 14.1 Å². The molecule has 6 aliphatic rings. The summed E-state index contributed by atoms with van der Waals surface area (Å²) in [5, 5.41) is 9.65. The smallest absolute Gasteiger partial charge is 0.330 e. The number of carbonyl (C=O) groups excluding carboxylic acids is 1. The highest BCUT2D eigenvalue weighted by molar-refractivity contribution is 7.44. The molecule has 1 unspecified atom stereocenters. The highest BCUT2D eigenvalue weighted by Crippen LogP contribution is 2.63. The van der Waals surface area contributed by atoms with E-state index in [9.17, 15) is 14.9 Å². The molecule has 2 aliphatic heterocycles. The zero-order valence-corrected chi connectivity index (χ0v) is 41.3. The lowest BCUT2D eigenvalue weighted by Gasteiger charge is -2.57. The normalized spacial score (nSPS) is 27.6. The Hall–Kier alpha value is -4.87. The number of fused-ring (bicyclic) bond motifs is 2. The van der Waals surface area contributed by atoms with Crippen LogP contribution >= 0.6 is 8.53 Å². The molecule has 1 amide bonds. The minimum absolute atomic E-state index is 0.00569. The SMILES string of the molecule is COc1ccc(C(OC[C@@]23CN(C(=O)CC45CC6CC(CC(C6)C4)C5)[C@@H]([C@H](n4cc(C)c(=O)[nH]c4=O)O2)[C@@H]3OP(OCCC#N)N(C(C)C)C(C)C)(c2ccccc2)c2ccc(OC)cc2)cc1. The van der Waals surface area contributed by atoms with Crippen LogP contribution in [-0.4, -0.2) is 88.8 Å². The minimum atomic E-state index is -1.89. The number of hydrogen-bond donors (Lipinski definition) is 1. The number of carbonyl (C=O) groups is 1. The maximum Gasteiger partial charge on any atom is 0.330 e. The quantitative estimate of drug-likeness (QED) is 0.0545. The van der Waals surface area contributed by atoms with Crippen LogP contribution in [0.25, 0.3) is 0 Å². The number of aromatic nitrogens is 2. The zero-order chi connectivity index (χ0) is 48.0. The van der Waals surface area contributed by atoms with Crippen LogP contribution in [0.2, 0.25) is 0 Å². The second-order valence-corrected chi connectivity index (χ2v) is 21.9. The van der Waals surface area contributed by atoms with Crippen molar-refractivity contribution in [2.24, 2.45) is 23.2 Å². The van der Waals surface area contributed by atoms with E-state index >= 15 is 4.79 Å². The van der Waals surface area contributed by atoms with E-state index in [1.165, 1.54) is 30.0 Å². The minimum Gasteiger partial charge on any atom is -0.497 e. The number of morpholine rings is 1. The van der Waals surface area contributed by atoms with Gasteiger partial charge < -0.3 is 32.9 Å². The molecule has 2 saturated heterocycles. The van der Waals surface area contributed by atoms with Crippen molar-refractivity contribution in [3.05, 3.63) is 128 Å². The van der Waals surface area contributed by atoms with Gasteiger partial charge in [0.2, 0.25) is 5.91 Å². The summed E-state index contributed by atoms with van der Waals surface area (Å²) in [5.74, 6) is 3.29. The van der Waals surface area contributed by atoms with Gasteiger partial charge in [-0.25, -0.2) is 9.46 Å². The van der Waals surface area contributed by atoms with Gasteiger partial charge in [-0.05, 0) is 137 Å². The van der Waals surface area contributed by atoms with Gasteiger partial charge in [0, 0.05) is 30.3 Å². The van der Waals surface area contributed by atoms with Gasteiger partial charge in [-0.2, -0.15) is 5.26 Å². The predicted octanol–water partition coefficient (Wildman–Crippen LogP) is 8.62. The van der Waals surface area contributed by atoms with Gasteiger partial charge in [0.15, 0.2) is 6.23 Å². The fourth-order valence-corrected chi connectivity index (χ4v) is 14.7. The second kappa shape index (κ2) is 19.5. The molecule has 1 N–H and O–H groups in total. The number of likely N-dealkylation sites (tertiary alicyclic amines) is 1. The van der Waals surface area contributed by atoms with Gasteiger partial charge in [-0.15, -0.1) is 0 Å². The summed E-state index contributed by atoms with van der Waals surface area (Å²) in [6.45, 7) is 10.1. The number of rotatable bonds is 19. The van der Waals surface area contributed by atoms with Crippen molar-refractivity contribution < 1.29 is 32.8 Å². The van der Waals surface area contributed by atoms with Gasteiger partial charge in [-0.3, -0.25) is 19.1 Å². The summed E-state index contributed by atoms with van der Waals surface area (Å²) in [6.07, 6.45) is 7.00. The van der Waals surface area contributed by atoms with Crippen molar-refractivity contribution in [2.45, 2.75) is 128 Å². The Morgan fingerprint density at radius 2 is 1.44 bits per heavy atom. The average Bonchev–Trinajstić information content (AvgIpc) is 3.79. The second-order valence-electron chi connectivity index (χ2n) is 20.5. The molecular weight excluding hydrogens is 882 g/mol. The van der Waals surface area contributed by atoms with E-state index < -0.39 is 49.4 Å². The number of H-pyrrole nitrogens is 1. The number of ether oxygens (including phenoxy) is 4. The maximum absolute atomic E-state index is 15.6. The van der Waals surface area contributed by atoms with Gasteiger partial charge in [0.05, 0.1) is 46.5 Å². The first-order chi connectivity index (χ1) is 32.7. The molecule has 4 aromatic rings. The number of benzene rings is 3. The van der Waals surface area contributed by atoms with Crippen molar-refractivity contribution in [1.29, 1.82) is 5.26 Å². The molecule has 0 spiro atoms. The number of aryl methyl sites for hydroxylation is 1. The van der Waals surface area contributed by atoms with E-state index in [1.807, 2.05) is 83.8 Å². The number of nitrogens with one attached hydrogen (secondary N) is 1. The number of nitriles is 1. The zero-order valence-electron chi connectivity index (χ0n) is 40.4. The molecule has 362 valence electrons. The monoisotopic (exact) mass is 947 g/mol. The summed E-state index contributed by atoms with van der Waals surface area (Å²) in [6, 6.07) is 26.9. The first kappa shape index (κ1) is 48.2. The third-order valence-electron chi connectivity index (χ3n) is 15.3. The van der Waals surface area contributed by atoms with Crippen LogP contribution < -0.4 is 20.7 Å². The molecule has 3 aromatic carbocycles. The Morgan fingerprint density at radius 3 is 1.97 bits per heavy atom. The highest BCUT2D eigenvalue weighted by Gasteiger charge is 2.68. The molecule has 1 aromatic heterocycles. The van der Waals surface area contributed by atoms with Crippen LogP contribution in [0.1, 0.15) is 108 Å². The molecule has 10 rings (SSSR count). The van der Waals surface area contributed by atoms with Crippen molar-refractivity contribution in [3.63, 3.8) is 0 Å². The van der Waals surface area contributed by atoms with E-state index in [-0.39, 0.29) is 49.6 Å². The summed E-state index contributed by atoms with van der Waals surface area (Å²) in [5.41, 5.74) is -1.13. The Kier molecular flexibility index (Phi) is 13.8. The summed E-state index contributed by atoms with van der Waals surface area (Å²) in [4.78, 5) is 46.9. The molecule has 5 atom stereocenters. The van der Waals surface area contributed by atoms with Crippen LogP contribution in [0, 0.1) is 41.4 Å². The summed E-state index contributed by atoms with van der Waals surface area (Å²) >= 11 is 0. The molecule has 6 fully saturated rings. The third-order valence-corrected chi connectivity index (χ3v) is 17.4. The van der Waals surface area contributed by atoms with Crippen molar-refractivity contribution in [2.75, 3.05) is 34.0 Å². The first-order valence-electron chi connectivity index (χ1n) is 24.2. The highest BCUT2D eigenvalue weighted by atomic mass is 31.2. The molecule has 6 bridgehead atoms. The molecule has 3 heterocycles. The van der Waals surface area contributed by atoms with Gasteiger partial charge >= 0.3 is 5.69 Å². The Bertz CT molecular complexity index is 2490. The summed E-state index contributed by atoms with van der Waals surface area (Å²) < 4.78 is 43.9. The van der Waals surface area contributed by atoms with E-state index in [4.69, 9.17) is 28.0 Å². The molecular formula is C53H66N5O9P. The third kappa shape index (κ3) is 8.95. The van der Waals surface area contributed by atoms with E-state index in [2.05, 4.69) is 43.4 Å². The van der Waals surface area contributed by atoms with Crippen molar-refractivity contribution in [3.8, 4) is 17.6 Å². The van der Waals surface area contributed by atoms with Gasteiger partial charge in [-0.1, -0.05) is 54.6 Å². The number of amides is 1. The van der Waals surface area contributed by atoms with Crippen LogP contribution in [0.5, 0.6) is 11.5 Å². The lowest BCUT2D eigenvalue weighted by Crippen LogP contribution is -2.54. The van der Waals surface area contributed by atoms with E-state index in [0.29, 0.717) is 41.2 Å². The fraction of sp³-hybridized carbons (Fsp3) is 0.547. The first-order valence-corrected chi connectivity index (χ1v) is 25.4. The molecule has 15 heteroatoms. The number of methoxy groups -OCH3 is 2. The Labute approximate surface area is 400 Å². The fourth-order valence-electron chi connectivity index (χ4n) is 12.9. The number of hydrogen-bond acceptors (Lipinski definition) is 11.